The molecule has 9 heteroatoms. The van der Waals surface area contributed by atoms with Gasteiger partial charge in [-0.15, -0.1) is 0 Å². The van der Waals surface area contributed by atoms with Crippen LogP contribution in [0.15, 0.2) is 23.9 Å². The van der Waals surface area contributed by atoms with Gasteiger partial charge in [-0.05, 0) is 123 Å². The predicted octanol–water partition coefficient (Wildman–Crippen LogP) is 7.56. The number of H-pyrrole nitrogens is 3. The predicted molar refractivity (Wildman–Crippen MR) is 240 cm³/mol. The normalized spacial score (nSPS) is 22.3. The number of aliphatic hydroxyl groups is 1. The van der Waals surface area contributed by atoms with E-state index in [2.05, 4.69) is 100 Å². The van der Waals surface area contributed by atoms with Crippen molar-refractivity contribution < 1.29 is 24.2 Å². The number of methoxy groups -OCH3 is 1. The molecule has 0 saturated carbocycles. The Morgan fingerprint density at radius 2 is 1.63 bits per heavy atom. The molecular formula is C50H68N4O5. The van der Waals surface area contributed by atoms with Gasteiger partial charge in [-0.25, -0.2) is 0 Å². The minimum absolute atomic E-state index is 0.0166. The van der Waals surface area contributed by atoms with Crippen LogP contribution < -0.4 is 26.6 Å². The topological polar surface area (TPSA) is 132 Å². The van der Waals surface area contributed by atoms with Gasteiger partial charge < -0.3 is 34.8 Å². The first-order valence-electron chi connectivity index (χ1n) is 22.0. The molecule has 5 heterocycles. The number of fused-ring (bicyclic) bond motifs is 8. The quantitative estimate of drug-likeness (QED) is 0.0751. The molecule has 0 radical (unpaired) electrons. The van der Waals surface area contributed by atoms with Crippen molar-refractivity contribution in [1.29, 1.82) is 0 Å². The number of hydrogen-bond acceptors (Lipinski definition) is 6. The van der Waals surface area contributed by atoms with Gasteiger partial charge in [0.25, 0.3) is 0 Å². The Bertz CT molecular complexity index is 2400. The molecular weight excluding hydrogens is 737 g/mol. The highest BCUT2D eigenvalue weighted by molar-refractivity contribution is 5.95. The van der Waals surface area contributed by atoms with Crippen LogP contribution in [-0.4, -0.2) is 51.8 Å². The fourth-order valence-electron chi connectivity index (χ4n) is 9.76. The average Bonchev–Trinajstić information content (AvgIpc) is 3.94. The zero-order chi connectivity index (χ0) is 42.7. The molecule has 6 rings (SSSR count). The molecule has 59 heavy (non-hydrogen) atoms. The van der Waals surface area contributed by atoms with Crippen molar-refractivity contribution in [3.05, 3.63) is 90.1 Å². The Morgan fingerprint density at radius 1 is 0.915 bits per heavy atom. The number of rotatable bonds is 16. The van der Waals surface area contributed by atoms with Gasteiger partial charge in [0.05, 0.1) is 18.5 Å². The van der Waals surface area contributed by atoms with Crippen molar-refractivity contribution in [3.63, 3.8) is 0 Å². The summed E-state index contributed by atoms with van der Waals surface area (Å²) in [6.45, 7) is 24.0. The van der Waals surface area contributed by atoms with Crippen LogP contribution in [0.2, 0.25) is 0 Å². The summed E-state index contributed by atoms with van der Waals surface area (Å²) in [6.07, 6.45) is 19.2. The summed E-state index contributed by atoms with van der Waals surface area (Å²) in [7, 11) is 1.36. The zero-order valence-corrected chi connectivity index (χ0v) is 37.2. The minimum Gasteiger partial charge on any atom is -0.510 e. The molecule has 8 bridgehead atoms. The number of aromatic amines is 3. The van der Waals surface area contributed by atoms with E-state index >= 15 is 0 Å². The smallest absolute Gasteiger partial charge is 0.320 e. The highest BCUT2D eigenvalue weighted by atomic mass is 16.5. The van der Waals surface area contributed by atoms with E-state index in [1.165, 1.54) is 49.5 Å². The summed E-state index contributed by atoms with van der Waals surface area (Å²) in [5, 5.41) is 19.1. The number of aliphatic hydroxyl groups excluding tert-OH is 1. The molecule has 0 aromatic carbocycles. The summed E-state index contributed by atoms with van der Waals surface area (Å²) < 4.78 is 11.1. The molecule has 5 N–H and O–H groups in total. The van der Waals surface area contributed by atoms with E-state index in [1.54, 1.807) is 0 Å². The molecule has 1 aliphatic carbocycles. The van der Waals surface area contributed by atoms with Gasteiger partial charge in [-0.2, -0.15) is 0 Å². The number of hydrogen-bond donors (Lipinski definition) is 5. The molecule has 0 amide bonds. The van der Waals surface area contributed by atoms with E-state index in [0.717, 1.165) is 92.2 Å². The second-order valence-electron chi connectivity index (χ2n) is 17.9. The number of carbonyl (C=O) groups is 2. The van der Waals surface area contributed by atoms with Crippen molar-refractivity contribution in [3.8, 4) is 0 Å². The Hall–Kier alpha value is -4.92. The van der Waals surface area contributed by atoms with Crippen LogP contribution in [0.5, 0.6) is 0 Å². The Kier molecular flexibility index (Phi) is 13.7. The molecule has 1 saturated heterocycles. The van der Waals surface area contributed by atoms with E-state index in [9.17, 15) is 14.7 Å². The molecule has 1 fully saturated rings. The lowest BCUT2D eigenvalue weighted by atomic mass is 9.80. The first kappa shape index (κ1) is 43.7. The van der Waals surface area contributed by atoms with Crippen molar-refractivity contribution in [1.82, 2.24) is 20.3 Å². The molecule has 3 aliphatic rings. The summed E-state index contributed by atoms with van der Waals surface area (Å²) in [6, 6.07) is -0.393. The van der Waals surface area contributed by atoms with E-state index in [0.29, 0.717) is 11.6 Å². The van der Waals surface area contributed by atoms with Crippen LogP contribution in [-0.2, 0) is 25.5 Å². The number of esters is 2. The van der Waals surface area contributed by atoms with E-state index < -0.39 is 17.9 Å². The van der Waals surface area contributed by atoms with Crippen molar-refractivity contribution in [2.75, 3.05) is 13.7 Å². The van der Waals surface area contributed by atoms with Gasteiger partial charge in [-0.3, -0.25) is 9.59 Å². The standard InChI is InChI=1S/C50H68N4O5/c1-12-34-30(7)37-24-39-32(9)36(20-21-43(55)59-23-22-29(6)19-15-18-28(5)17-14-16-27(3)4)47(53-39)45-46(50(57)58-11)49(56)44-33(10)40(54-48(44)45)26-42-35(13-2)31(8)38(52-42)25-41(34)51-37/h12,22,24-28,32,36,46-47,51-54,56H,1,13-21,23H2,2-11H3/b29-22+,38-25-,39-24-,42-26-/t28-,32-,36-,46+,47?/m0/s1. The van der Waals surface area contributed by atoms with E-state index in [1.807, 2.05) is 19.1 Å². The third-order valence-corrected chi connectivity index (χ3v) is 13.4. The molecule has 5 atom stereocenters. The van der Waals surface area contributed by atoms with Gasteiger partial charge in [0, 0.05) is 56.6 Å². The number of ether oxygens (including phenoxy) is 2. The first-order valence-corrected chi connectivity index (χ1v) is 22.0. The highest BCUT2D eigenvalue weighted by Crippen LogP contribution is 2.42. The van der Waals surface area contributed by atoms with Crippen molar-refractivity contribution in [2.24, 2.45) is 29.6 Å². The second kappa shape index (κ2) is 18.6. The fraction of sp³-hybridized carbons (Fsp3) is 0.520. The fourth-order valence-corrected chi connectivity index (χ4v) is 9.76. The summed E-state index contributed by atoms with van der Waals surface area (Å²) in [5.41, 5.74) is 11.1. The van der Waals surface area contributed by atoms with Crippen LogP contribution in [0.25, 0.3) is 35.6 Å². The lowest BCUT2D eigenvalue weighted by Crippen LogP contribution is -2.38. The molecule has 3 aromatic heterocycles. The third-order valence-electron chi connectivity index (χ3n) is 13.4. The Labute approximate surface area is 350 Å². The Morgan fingerprint density at radius 3 is 2.32 bits per heavy atom. The van der Waals surface area contributed by atoms with Crippen LogP contribution in [0.3, 0.4) is 0 Å². The maximum atomic E-state index is 13.6. The maximum Gasteiger partial charge on any atom is 0.320 e. The number of aromatic nitrogens is 3. The van der Waals surface area contributed by atoms with Crippen molar-refractivity contribution in [2.45, 2.75) is 126 Å². The number of allylic oxidation sites excluding steroid dienone is 2. The largest absolute Gasteiger partial charge is 0.510 e. The molecule has 0 spiro atoms. The van der Waals surface area contributed by atoms with Crippen LogP contribution in [0.4, 0.5) is 0 Å². The van der Waals surface area contributed by atoms with Gasteiger partial charge >= 0.3 is 11.9 Å². The van der Waals surface area contributed by atoms with Gasteiger partial charge in [0.15, 0.2) is 0 Å². The van der Waals surface area contributed by atoms with E-state index in [-0.39, 0.29) is 36.6 Å². The molecule has 9 nitrogen and oxygen atoms in total. The molecule has 2 aliphatic heterocycles. The monoisotopic (exact) mass is 805 g/mol. The summed E-state index contributed by atoms with van der Waals surface area (Å²) in [5.74, 6) is -0.423. The van der Waals surface area contributed by atoms with E-state index in [4.69, 9.17) is 9.47 Å². The second-order valence-corrected chi connectivity index (χ2v) is 17.9. The Balaban J connectivity index is 1.33. The zero-order valence-electron chi connectivity index (χ0n) is 37.2. The third kappa shape index (κ3) is 9.00. The SMILES string of the molecule is C=Cc1c2[nH]c(c1C)/C=C1\NC(C3=c4[nH]c(c(C)c4=C(O)[C@@H]3C(=O)OC)/C=c3\[nH]/c(c(C)c3CC)=C\2)[C@@H](CCC(=O)OC/C=C(\C)CCC[C@@H](C)CCCC(C)C)[C@@H]1C. The molecule has 1 unspecified atom stereocenters. The van der Waals surface area contributed by atoms with Crippen molar-refractivity contribution >= 4 is 47.6 Å². The van der Waals surface area contributed by atoms with Gasteiger partial charge in [-0.1, -0.05) is 78.5 Å². The summed E-state index contributed by atoms with van der Waals surface area (Å²) >= 11 is 0. The van der Waals surface area contributed by atoms with Crippen LogP contribution in [0, 0.1) is 50.4 Å². The lowest BCUT2D eigenvalue weighted by Gasteiger charge is -2.26. The minimum atomic E-state index is -0.992. The maximum absolute atomic E-state index is 13.6. The first-order chi connectivity index (χ1) is 28.2. The summed E-state index contributed by atoms with van der Waals surface area (Å²) in [4.78, 5) is 38.0. The average molecular weight is 805 g/mol. The van der Waals surface area contributed by atoms with Crippen LogP contribution in [0.1, 0.15) is 138 Å². The molecule has 318 valence electrons. The lowest BCUT2D eigenvalue weighted by molar-refractivity contribution is -0.143. The molecule has 3 aromatic rings. The van der Waals surface area contributed by atoms with Crippen LogP contribution >= 0.6 is 0 Å². The van der Waals surface area contributed by atoms with Gasteiger partial charge in [0.1, 0.15) is 18.3 Å². The highest BCUT2D eigenvalue weighted by Gasteiger charge is 2.47. The number of nitrogens with one attached hydrogen (secondary N) is 4. The van der Waals surface area contributed by atoms with Gasteiger partial charge in [0.2, 0.25) is 0 Å². The number of carbonyl (C=O) groups excluding carboxylic acids is 2.